The number of anilines is 1. The van der Waals surface area contributed by atoms with Crippen molar-refractivity contribution >= 4 is 17.5 Å². The molecule has 0 aliphatic carbocycles. The van der Waals surface area contributed by atoms with Crippen molar-refractivity contribution in [3.05, 3.63) is 52.8 Å². The number of halogens is 3. The van der Waals surface area contributed by atoms with Gasteiger partial charge in [-0.05, 0) is 58.0 Å². The molecule has 2 amide bonds. The van der Waals surface area contributed by atoms with Crippen LogP contribution in [0.15, 0.2) is 30.3 Å². The van der Waals surface area contributed by atoms with E-state index in [1.54, 1.807) is 29.2 Å². The van der Waals surface area contributed by atoms with Gasteiger partial charge in [-0.25, -0.2) is 0 Å². The highest BCUT2D eigenvalue weighted by atomic mass is 19.4. The summed E-state index contributed by atoms with van der Waals surface area (Å²) in [5.74, 6) is -0.595. The first-order valence-corrected chi connectivity index (χ1v) is 9.01. The molecule has 0 radical (unpaired) electrons. The number of carbonyl (C=O) groups excluding carboxylic acids is 2. The molecular weight excluding hydrogens is 371 g/mol. The number of nitrogens with one attached hydrogen (secondary N) is 1. The van der Waals surface area contributed by atoms with E-state index in [4.69, 9.17) is 0 Å². The second-order valence-electron chi connectivity index (χ2n) is 6.50. The van der Waals surface area contributed by atoms with Crippen LogP contribution in [0.5, 0.6) is 0 Å². The Morgan fingerprint density at radius 2 is 1.64 bits per heavy atom. The number of hydrogen-bond donors (Lipinski definition) is 1. The van der Waals surface area contributed by atoms with E-state index in [0.717, 1.165) is 4.57 Å². The van der Waals surface area contributed by atoms with Crippen LogP contribution in [0.3, 0.4) is 0 Å². The van der Waals surface area contributed by atoms with Crippen molar-refractivity contribution in [3.8, 4) is 0 Å². The Balaban J connectivity index is 2.15. The van der Waals surface area contributed by atoms with Gasteiger partial charge in [0.2, 0.25) is 0 Å². The highest BCUT2D eigenvalue weighted by molar-refractivity contribution is 6.05. The van der Waals surface area contributed by atoms with E-state index in [2.05, 4.69) is 5.32 Å². The minimum atomic E-state index is -4.37. The van der Waals surface area contributed by atoms with Gasteiger partial charge < -0.3 is 14.8 Å². The molecule has 0 atom stereocenters. The Kier molecular flexibility index (Phi) is 6.53. The normalized spacial score (nSPS) is 11.4. The van der Waals surface area contributed by atoms with Crippen LogP contribution in [-0.2, 0) is 6.54 Å². The SMILES string of the molecule is CCN(CC)C(=O)c1ccc(NC(=O)c2cc(C)n(CC(F)(F)F)c2C)cc1. The third-order valence-electron chi connectivity index (χ3n) is 4.60. The Bertz CT molecular complexity index is 851. The number of rotatable bonds is 6. The largest absolute Gasteiger partial charge is 0.406 e. The van der Waals surface area contributed by atoms with Crippen molar-refractivity contribution in [1.82, 2.24) is 9.47 Å². The van der Waals surface area contributed by atoms with Crippen LogP contribution in [0, 0.1) is 13.8 Å². The summed E-state index contributed by atoms with van der Waals surface area (Å²) in [4.78, 5) is 26.5. The molecule has 0 unspecified atom stereocenters. The fourth-order valence-corrected chi connectivity index (χ4v) is 3.04. The second-order valence-corrected chi connectivity index (χ2v) is 6.50. The maximum Gasteiger partial charge on any atom is 0.406 e. The lowest BCUT2D eigenvalue weighted by Crippen LogP contribution is -2.30. The van der Waals surface area contributed by atoms with Gasteiger partial charge in [0.1, 0.15) is 6.54 Å². The number of nitrogens with zero attached hydrogens (tertiary/aromatic N) is 2. The van der Waals surface area contributed by atoms with Gasteiger partial charge in [-0.2, -0.15) is 13.2 Å². The van der Waals surface area contributed by atoms with Gasteiger partial charge in [0, 0.05) is 35.7 Å². The lowest BCUT2D eigenvalue weighted by atomic mass is 10.1. The summed E-state index contributed by atoms with van der Waals surface area (Å²) in [6.07, 6.45) is -4.37. The topological polar surface area (TPSA) is 54.3 Å². The van der Waals surface area contributed by atoms with Crippen molar-refractivity contribution < 1.29 is 22.8 Å². The summed E-state index contributed by atoms with van der Waals surface area (Å²) in [5.41, 5.74) is 1.76. The number of hydrogen-bond acceptors (Lipinski definition) is 2. The smallest absolute Gasteiger partial charge is 0.339 e. The summed E-state index contributed by atoms with van der Waals surface area (Å²) in [5, 5.41) is 2.67. The zero-order valence-electron chi connectivity index (χ0n) is 16.4. The van der Waals surface area contributed by atoms with Gasteiger partial charge in [-0.3, -0.25) is 9.59 Å². The molecule has 152 valence electrons. The van der Waals surface area contributed by atoms with E-state index in [0.29, 0.717) is 30.0 Å². The van der Waals surface area contributed by atoms with E-state index in [9.17, 15) is 22.8 Å². The Hall–Kier alpha value is -2.77. The van der Waals surface area contributed by atoms with E-state index >= 15 is 0 Å². The Morgan fingerprint density at radius 3 is 2.14 bits per heavy atom. The molecule has 0 bridgehead atoms. The zero-order valence-corrected chi connectivity index (χ0v) is 16.4. The van der Waals surface area contributed by atoms with Crippen molar-refractivity contribution in [2.24, 2.45) is 0 Å². The van der Waals surface area contributed by atoms with Gasteiger partial charge in [0.05, 0.1) is 5.56 Å². The summed E-state index contributed by atoms with van der Waals surface area (Å²) in [6, 6.07) is 7.87. The summed E-state index contributed by atoms with van der Waals surface area (Å²) in [6.45, 7) is 6.86. The molecule has 2 aromatic rings. The first-order chi connectivity index (χ1) is 13.1. The number of alkyl halides is 3. The molecule has 8 heteroatoms. The number of benzene rings is 1. The van der Waals surface area contributed by atoms with Crippen LogP contribution in [0.1, 0.15) is 46.0 Å². The van der Waals surface area contributed by atoms with Crippen LogP contribution >= 0.6 is 0 Å². The van der Waals surface area contributed by atoms with Crippen molar-refractivity contribution in [3.63, 3.8) is 0 Å². The average Bonchev–Trinajstić information content (AvgIpc) is 2.90. The number of amides is 2. The molecule has 1 aromatic carbocycles. The van der Waals surface area contributed by atoms with Crippen LogP contribution in [-0.4, -0.2) is 40.5 Å². The van der Waals surface area contributed by atoms with Gasteiger partial charge in [-0.1, -0.05) is 0 Å². The molecule has 28 heavy (non-hydrogen) atoms. The number of aryl methyl sites for hydroxylation is 1. The first-order valence-electron chi connectivity index (χ1n) is 9.01. The predicted octanol–water partition coefficient (Wildman–Crippen LogP) is 4.40. The summed E-state index contributed by atoms with van der Waals surface area (Å²) < 4.78 is 39.2. The van der Waals surface area contributed by atoms with E-state index in [1.165, 1.54) is 19.9 Å². The Morgan fingerprint density at radius 1 is 1.07 bits per heavy atom. The highest BCUT2D eigenvalue weighted by Crippen LogP contribution is 2.24. The molecule has 5 nitrogen and oxygen atoms in total. The molecule has 0 saturated carbocycles. The lowest BCUT2D eigenvalue weighted by Gasteiger charge is -2.18. The van der Waals surface area contributed by atoms with Crippen LogP contribution in [0.2, 0.25) is 0 Å². The maximum absolute atomic E-state index is 12.7. The van der Waals surface area contributed by atoms with Crippen molar-refractivity contribution in [2.75, 3.05) is 18.4 Å². The Labute approximate surface area is 162 Å². The molecule has 1 N–H and O–H groups in total. The third-order valence-corrected chi connectivity index (χ3v) is 4.60. The molecule has 0 aliphatic heterocycles. The van der Waals surface area contributed by atoms with E-state index < -0.39 is 18.6 Å². The van der Waals surface area contributed by atoms with Gasteiger partial charge in [0.25, 0.3) is 11.8 Å². The molecule has 0 fully saturated rings. The molecule has 1 heterocycles. The van der Waals surface area contributed by atoms with Gasteiger partial charge in [0.15, 0.2) is 0 Å². The minimum absolute atomic E-state index is 0.0985. The van der Waals surface area contributed by atoms with E-state index in [1.807, 2.05) is 13.8 Å². The quantitative estimate of drug-likeness (QED) is 0.788. The molecule has 2 rings (SSSR count). The summed E-state index contributed by atoms with van der Waals surface area (Å²) in [7, 11) is 0. The predicted molar refractivity (Wildman–Crippen MR) is 102 cm³/mol. The van der Waals surface area contributed by atoms with Crippen molar-refractivity contribution in [1.29, 1.82) is 0 Å². The molecular formula is C20H24F3N3O2. The standard InChI is InChI=1S/C20H24F3N3O2/c1-5-25(6-2)19(28)15-7-9-16(10-8-15)24-18(27)17-11-13(3)26(14(17)4)12-20(21,22)23/h7-11H,5-6,12H2,1-4H3,(H,24,27). The van der Waals surface area contributed by atoms with E-state index in [-0.39, 0.29) is 17.2 Å². The molecule has 1 aromatic heterocycles. The zero-order chi connectivity index (χ0) is 21.1. The average molecular weight is 395 g/mol. The van der Waals surface area contributed by atoms with Crippen LogP contribution in [0.4, 0.5) is 18.9 Å². The minimum Gasteiger partial charge on any atom is -0.339 e. The lowest BCUT2D eigenvalue weighted by molar-refractivity contribution is -0.141. The molecule has 0 spiro atoms. The monoisotopic (exact) mass is 395 g/mol. The maximum atomic E-state index is 12.7. The highest BCUT2D eigenvalue weighted by Gasteiger charge is 2.30. The van der Waals surface area contributed by atoms with Crippen molar-refractivity contribution in [2.45, 2.75) is 40.4 Å². The molecule has 0 aliphatic rings. The van der Waals surface area contributed by atoms with Gasteiger partial charge in [-0.15, -0.1) is 0 Å². The molecule has 0 saturated heterocycles. The number of aromatic nitrogens is 1. The van der Waals surface area contributed by atoms with Gasteiger partial charge >= 0.3 is 6.18 Å². The van der Waals surface area contributed by atoms with Crippen LogP contribution in [0.25, 0.3) is 0 Å². The van der Waals surface area contributed by atoms with Crippen LogP contribution < -0.4 is 5.32 Å². The fraction of sp³-hybridized carbons (Fsp3) is 0.400. The summed E-state index contributed by atoms with van der Waals surface area (Å²) >= 11 is 0. The number of carbonyl (C=O) groups is 2. The third kappa shape index (κ3) is 4.94. The second kappa shape index (κ2) is 8.50. The fourth-order valence-electron chi connectivity index (χ4n) is 3.04. The first kappa shape index (κ1) is 21.5.